The third-order valence-corrected chi connectivity index (χ3v) is 3.40. The molecular formula is C15H20O3. The van der Waals surface area contributed by atoms with Gasteiger partial charge in [0.05, 0.1) is 11.7 Å². The number of carbonyl (C=O) groups is 1. The molecule has 0 spiro atoms. The van der Waals surface area contributed by atoms with Gasteiger partial charge in [-0.2, -0.15) is 0 Å². The zero-order chi connectivity index (χ0) is 13.2. The highest BCUT2D eigenvalue weighted by molar-refractivity contribution is 5.79. The van der Waals surface area contributed by atoms with Gasteiger partial charge in [-0.15, -0.1) is 0 Å². The van der Waals surface area contributed by atoms with Crippen molar-refractivity contribution in [3.8, 4) is 5.75 Å². The Bertz CT molecular complexity index is 410. The minimum absolute atomic E-state index is 0.145. The molecule has 0 atom stereocenters. The minimum Gasteiger partial charge on any atom is -0.491 e. The van der Waals surface area contributed by atoms with Gasteiger partial charge >= 0.3 is 0 Å². The van der Waals surface area contributed by atoms with E-state index in [9.17, 15) is 9.90 Å². The van der Waals surface area contributed by atoms with E-state index < -0.39 is 5.60 Å². The lowest BCUT2D eigenvalue weighted by molar-refractivity contribution is -0.125. The van der Waals surface area contributed by atoms with Crippen molar-refractivity contribution < 1.29 is 14.6 Å². The van der Waals surface area contributed by atoms with Crippen molar-refractivity contribution in [2.75, 3.05) is 0 Å². The first-order chi connectivity index (χ1) is 8.49. The lowest BCUT2D eigenvalue weighted by Crippen LogP contribution is -2.31. The lowest BCUT2D eigenvalue weighted by atomic mass is 9.79. The summed E-state index contributed by atoms with van der Waals surface area (Å²) in [6, 6.07) is 7.55. The van der Waals surface area contributed by atoms with Crippen molar-refractivity contribution in [2.45, 2.75) is 51.2 Å². The normalized spacial score (nSPS) is 19.0. The summed E-state index contributed by atoms with van der Waals surface area (Å²) in [5.74, 6) is 1.06. The first-order valence-corrected chi connectivity index (χ1v) is 6.51. The number of carbonyl (C=O) groups excluding carboxylic acids is 1. The number of ether oxygens (including phenoxy) is 1. The van der Waals surface area contributed by atoms with Gasteiger partial charge in [0.1, 0.15) is 11.5 Å². The molecule has 3 heteroatoms. The van der Waals surface area contributed by atoms with Gasteiger partial charge in [0, 0.05) is 12.8 Å². The number of aliphatic hydroxyl groups is 1. The second-order valence-electron chi connectivity index (χ2n) is 5.26. The predicted octanol–water partition coefficient (Wildman–Crippen LogP) is 2.80. The Kier molecular flexibility index (Phi) is 3.71. The summed E-state index contributed by atoms with van der Waals surface area (Å²) in [6.45, 7) is 3.96. The molecule has 1 aliphatic carbocycles. The molecular weight excluding hydrogens is 228 g/mol. The molecule has 0 heterocycles. The van der Waals surface area contributed by atoms with Crippen molar-refractivity contribution in [2.24, 2.45) is 0 Å². The van der Waals surface area contributed by atoms with Gasteiger partial charge in [0.15, 0.2) is 0 Å². The van der Waals surface area contributed by atoms with Crippen LogP contribution < -0.4 is 4.74 Å². The maximum Gasteiger partial charge on any atom is 0.133 e. The first-order valence-electron chi connectivity index (χ1n) is 6.51. The Hall–Kier alpha value is -1.35. The van der Waals surface area contributed by atoms with Gasteiger partial charge in [0.25, 0.3) is 0 Å². The second kappa shape index (κ2) is 5.11. The van der Waals surface area contributed by atoms with Crippen molar-refractivity contribution in [1.82, 2.24) is 0 Å². The molecule has 1 N–H and O–H groups in total. The lowest BCUT2D eigenvalue weighted by Gasteiger charge is -2.32. The third-order valence-electron chi connectivity index (χ3n) is 3.40. The second-order valence-corrected chi connectivity index (χ2v) is 5.26. The van der Waals surface area contributed by atoms with Gasteiger partial charge in [-0.3, -0.25) is 4.79 Å². The molecule has 0 unspecified atom stereocenters. The van der Waals surface area contributed by atoms with E-state index in [0.717, 1.165) is 11.3 Å². The van der Waals surface area contributed by atoms with E-state index in [-0.39, 0.29) is 11.9 Å². The van der Waals surface area contributed by atoms with Gasteiger partial charge in [-0.25, -0.2) is 0 Å². The zero-order valence-electron chi connectivity index (χ0n) is 11.0. The van der Waals surface area contributed by atoms with Gasteiger partial charge in [-0.1, -0.05) is 12.1 Å². The van der Waals surface area contributed by atoms with E-state index >= 15 is 0 Å². The summed E-state index contributed by atoms with van der Waals surface area (Å²) < 4.78 is 5.57. The zero-order valence-corrected chi connectivity index (χ0v) is 11.0. The molecule has 0 radical (unpaired) electrons. The molecule has 1 aliphatic rings. The third kappa shape index (κ3) is 2.91. The average molecular weight is 248 g/mol. The molecule has 1 fully saturated rings. The Morgan fingerprint density at radius 1 is 1.17 bits per heavy atom. The fraction of sp³-hybridized carbons (Fsp3) is 0.533. The van der Waals surface area contributed by atoms with Gasteiger partial charge in [-0.05, 0) is 44.4 Å². The van der Waals surface area contributed by atoms with Crippen molar-refractivity contribution >= 4 is 5.78 Å². The van der Waals surface area contributed by atoms with Crippen LogP contribution in [0, 0.1) is 0 Å². The smallest absolute Gasteiger partial charge is 0.133 e. The summed E-state index contributed by atoms with van der Waals surface area (Å²) in [7, 11) is 0. The maximum atomic E-state index is 11.2. The number of benzene rings is 1. The van der Waals surface area contributed by atoms with Crippen LogP contribution in [0.3, 0.4) is 0 Å². The first kappa shape index (κ1) is 13.1. The largest absolute Gasteiger partial charge is 0.491 e. The molecule has 0 aromatic heterocycles. The van der Waals surface area contributed by atoms with Crippen LogP contribution >= 0.6 is 0 Å². The van der Waals surface area contributed by atoms with Crippen LogP contribution in [-0.2, 0) is 10.4 Å². The van der Waals surface area contributed by atoms with Crippen LogP contribution in [0.25, 0.3) is 0 Å². The van der Waals surface area contributed by atoms with E-state index in [1.54, 1.807) is 0 Å². The summed E-state index contributed by atoms with van der Waals surface area (Å²) in [6.07, 6.45) is 2.14. The van der Waals surface area contributed by atoms with E-state index in [0.29, 0.717) is 25.7 Å². The summed E-state index contributed by atoms with van der Waals surface area (Å²) in [5, 5.41) is 10.5. The fourth-order valence-electron chi connectivity index (χ4n) is 2.35. The summed E-state index contributed by atoms with van der Waals surface area (Å²) in [5.41, 5.74) is 0.0377. The summed E-state index contributed by atoms with van der Waals surface area (Å²) in [4.78, 5) is 11.2. The molecule has 1 aromatic rings. The van der Waals surface area contributed by atoms with Crippen molar-refractivity contribution in [3.63, 3.8) is 0 Å². The minimum atomic E-state index is -0.843. The highest BCUT2D eigenvalue weighted by Gasteiger charge is 2.33. The Balaban J connectivity index is 2.11. The van der Waals surface area contributed by atoms with Crippen LogP contribution in [0.1, 0.15) is 45.1 Å². The Morgan fingerprint density at radius 3 is 2.22 bits per heavy atom. The molecule has 0 amide bonds. The van der Waals surface area contributed by atoms with Gasteiger partial charge in [0.2, 0.25) is 0 Å². The Morgan fingerprint density at radius 2 is 1.72 bits per heavy atom. The van der Waals surface area contributed by atoms with Crippen LogP contribution in [0.4, 0.5) is 0 Å². The highest BCUT2D eigenvalue weighted by atomic mass is 16.5. The molecule has 98 valence electrons. The summed E-state index contributed by atoms with van der Waals surface area (Å²) >= 11 is 0. The topological polar surface area (TPSA) is 46.5 Å². The van der Waals surface area contributed by atoms with Crippen LogP contribution in [0.5, 0.6) is 5.75 Å². The average Bonchev–Trinajstić information content (AvgIpc) is 2.33. The van der Waals surface area contributed by atoms with Crippen molar-refractivity contribution in [3.05, 3.63) is 29.8 Å². The van der Waals surface area contributed by atoms with E-state index in [2.05, 4.69) is 0 Å². The van der Waals surface area contributed by atoms with Gasteiger partial charge < -0.3 is 9.84 Å². The highest BCUT2D eigenvalue weighted by Crippen LogP contribution is 2.36. The molecule has 2 rings (SSSR count). The van der Waals surface area contributed by atoms with Crippen molar-refractivity contribution in [1.29, 1.82) is 0 Å². The molecule has 0 bridgehead atoms. The Labute approximate surface area is 108 Å². The van der Waals surface area contributed by atoms with E-state index in [1.165, 1.54) is 0 Å². The van der Waals surface area contributed by atoms with E-state index in [1.807, 2.05) is 38.1 Å². The van der Waals surface area contributed by atoms with Crippen LogP contribution in [-0.4, -0.2) is 17.0 Å². The molecule has 0 saturated heterocycles. The van der Waals surface area contributed by atoms with E-state index in [4.69, 9.17) is 4.74 Å². The number of rotatable bonds is 3. The molecule has 0 aliphatic heterocycles. The molecule has 18 heavy (non-hydrogen) atoms. The van der Waals surface area contributed by atoms with Crippen LogP contribution in [0.15, 0.2) is 24.3 Å². The number of Topliss-reactive ketones (excluding diaryl/α,β-unsaturated/α-hetero) is 1. The monoisotopic (exact) mass is 248 g/mol. The SMILES string of the molecule is CC(C)Oc1ccc(C2(O)CCC(=O)CC2)cc1. The number of ketones is 1. The maximum absolute atomic E-state index is 11.2. The molecule has 1 saturated carbocycles. The fourth-order valence-corrected chi connectivity index (χ4v) is 2.35. The number of hydrogen-bond acceptors (Lipinski definition) is 3. The molecule has 1 aromatic carbocycles. The van der Waals surface area contributed by atoms with Crippen LogP contribution in [0.2, 0.25) is 0 Å². The molecule has 3 nitrogen and oxygen atoms in total. The predicted molar refractivity (Wildman–Crippen MR) is 69.6 cm³/mol. The quantitative estimate of drug-likeness (QED) is 0.894. The standard InChI is InChI=1S/C15H20O3/c1-11(2)18-14-5-3-12(4-6-14)15(17)9-7-13(16)8-10-15/h3-6,11,17H,7-10H2,1-2H3. The number of hydrogen-bond donors (Lipinski definition) is 1.